The molecule has 1 fully saturated rings. The van der Waals surface area contributed by atoms with Crippen molar-refractivity contribution in [2.45, 2.75) is 26.2 Å². The van der Waals surface area contributed by atoms with E-state index in [0.29, 0.717) is 13.0 Å². The van der Waals surface area contributed by atoms with Gasteiger partial charge in [-0.1, -0.05) is 6.92 Å². The number of carbonyl (C=O) groups excluding carboxylic acids is 3. The van der Waals surface area contributed by atoms with E-state index in [1.165, 1.54) is 0 Å². The molecule has 0 atom stereocenters. The van der Waals surface area contributed by atoms with E-state index >= 15 is 0 Å². The molecular weight excluding hydrogens is 328 g/mol. The van der Waals surface area contributed by atoms with Crippen molar-refractivity contribution in [3.05, 3.63) is 12.2 Å². The van der Waals surface area contributed by atoms with Crippen LogP contribution in [0.3, 0.4) is 0 Å². The number of ether oxygens (including phenoxy) is 3. The van der Waals surface area contributed by atoms with Crippen LogP contribution in [0.4, 0.5) is 0 Å². The van der Waals surface area contributed by atoms with Crippen molar-refractivity contribution >= 4 is 17.8 Å². The summed E-state index contributed by atoms with van der Waals surface area (Å²) in [6.07, 6.45) is 4.18. The van der Waals surface area contributed by atoms with Gasteiger partial charge < -0.3 is 19.5 Å². The van der Waals surface area contributed by atoms with Gasteiger partial charge in [0.2, 0.25) is 5.91 Å². The first-order chi connectivity index (χ1) is 12.1. The Morgan fingerprint density at radius 1 is 1.04 bits per heavy atom. The molecular formula is C17H28N2O6. The van der Waals surface area contributed by atoms with Gasteiger partial charge in [-0.05, 0) is 19.4 Å². The maximum Gasteiger partial charge on any atom is 0.331 e. The molecule has 1 aliphatic heterocycles. The second-order valence-corrected chi connectivity index (χ2v) is 5.53. The maximum absolute atomic E-state index is 11.5. The lowest BCUT2D eigenvalue weighted by molar-refractivity contribution is -0.140. The van der Waals surface area contributed by atoms with Crippen molar-refractivity contribution in [3.8, 4) is 0 Å². The SMILES string of the molecule is CCC(=O)NCCOC(=O)/C=C/C(=O)OCCCCN1CCOCC1. The maximum atomic E-state index is 11.5. The molecule has 0 aromatic heterocycles. The molecule has 0 bridgehead atoms. The van der Waals surface area contributed by atoms with Gasteiger partial charge in [-0.15, -0.1) is 0 Å². The van der Waals surface area contributed by atoms with Crippen LogP contribution in [-0.4, -0.2) is 75.4 Å². The zero-order valence-electron chi connectivity index (χ0n) is 14.8. The van der Waals surface area contributed by atoms with E-state index in [1.807, 2.05) is 0 Å². The predicted molar refractivity (Wildman–Crippen MR) is 90.9 cm³/mol. The van der Waals surface area contributed by atoms with Gasteiger partial charge in [0.25, 0.3) is 0 Å². The number of unbranched alkanes of at least 4 members (excludes halogenated alkanes) is 1. The Bertz CT molecular complexity index is 446. The van der Waals surface area contributed by atoms with Crippen molar-refractivity contribution in [1.29, 1.82) is 0 Å². The third kappa shape index (κ3) is 11.3. The minimum absolute atomic E-state index is 0.0610. The van der Waals surface area contributed by atoms with E-state index < -0.39 is 11.9 Å². The second kappa shape index (κ2) is 13.4. The summed E-state index contributed by atoms with van der Waals surface area (Å²) in [7, 11) is 0. The summed E-state index contributed by atoms with van der Waals surface area (Å²) in [5.41, 5.74) is 0. The molecule has 25 heavy (non-hydrogen) atoms. The monoisotopic (exact) mass is 356 g/mol. The van der Waals surface area contributed by atoms with Gasteiger partial charge in [0.1, 0.15) is 6.61 Å². The summed E-state index contributed by atoms with van der Waals surface area (Å²) in [5, 5.41) is 2.57. The smallest absolute Gasteiger partial charge is 0.331 e. The molecule has 1 rings (SSSR count). The van der Waals surface area contributed by atoms with Crippen molar-refractivity contribution in [2.24, 2.45) is 0 Å². The Labute approximate surface area is 148 Å². The highest BCUT2D eigenvalue weighted by molar-refractivity contribution is 5.91. The molecule has 1 amide bonds. The van der Waals surface area contributed by atoms with Gasteiger partial charge in [-0.2, -0.15) is 0 Å². The summed E-state index contributed by atoms with van der Waals surface area (Å²) in [4.78, 5) is 36.1. The Kier molecular flexibility index (Phi) is 11.3. The fourth-order valence-corrected chi connectivity index (χ4v) is 2.13. The summed E-state index contributed by atoms with van der Waals surface area (Å²) in [5.74, 6) is -1.32. The highest BCUT2D eigenvalue weighted by atomic mass is 16.5. The fraction of sp³-hybridized carbons (Fsp3) is 0.706. The molecule has 0 spiro atoms. The lowest BCUT2D eigenvalue weighted by atomic mass is 10.3. The number of hydrogen-bond donors (Lipinski definition) is 1. The van der Waals surface area contributed by atoms with Crippen LogP contribution in [0.15, 0.2) is 12.2 Å². The zero-order valence-corrected chi connectivity index (χ0v) is 14.8. The van der Waals surface area contributed by atoms with Crippen LogP contribution in [0.1, 0.15) is 26.2 Å². The summed E-state index contributed by atoms with van der Waals surface area (Å²) in [6.45, 7) is 6.80. The predicted octanol–water partition coefficient (Wildman–Crippen LogP) is 0.268. The van der Waals surface area contributed by atoms with E-state index in [9.17, 15) is 14.4 Å². The van der Waals surface area contributed by atoms with Gasteiger partial charge in [0, 0.05) is 31.7 Å². The molecule has 1 N–H and O–H groups in total. The van der Waals surface area contributed by atoms with Crippen LogP contribution < -0.4 is 5.32 Å². The van der Waals surface area contributed by atoms with Crippen molar-refractivity contribution in [2.75, 3.05) is 52.6 Å². The molecule has 1 heterocycles. The highest BCUT2D eigenvalue weighted by Crippen LogP contribution is 2.00. The van der Waals surface area contributed by atoms with E-state index in [0.717, 1.165) is 57.8 Å². The molecule has 1 aliphatic rings. The topological polar surface area (TPSA) is 94.2 Å². The van der Waals surface area contributed by atoms with Gasteiger partial charge in [0.15, 0.2) is 0 Å². The van der Waals surface area contributed by atoms with Gasteiger partial charge in [0.05, 0.1) is 26.4 Å². The largest absolute Gasteiger partial charge is 0.463 e. The molecule has 8 heteroatoms. The normalized spacial score (nSPS) is 15.1. The van der Waals surface area contributed by atoms with Gasteiger partial charge in [-0.3, -0.25) is 9.69 Å². The number of esters is 2. The molecule has 0 saturated carbocycles. The third-order valence-electron chi connectivity index (χ3n) is 3.56. The molecule has 0 aromatic carbocycles. The van der Waals surface area contributed by atoms with Gasteiger partial charge in [-0.25, -0.2) is 9.59 Å². The second-order valence-electron chi connectivity index (χ2n) is 5.53. The van der Waals surface area contributed by atoms with E-state index in [4.69, 9.17) is 14.2 Å². The van der Waals surface area contributed by atoms with E-state index in [1.54, 1.807) is 6.92 Å². The van der Waals surface area contributed by atoms with Crippen molar-refractivity contribution < 1.29 is 28.6 Å². The van der Waals surface area contributed by atoms with E-state index in [-0.39, 0.29) is 19.1 Å². The minimum Gasteiger partial charge on any atom is -0.463 e. The lowest BCUT2D eigenvalue weighted by Crippen LogP contribution is -2.36. The Morgan fingerprint density at radius 3 is 2.32 bits per heavy atom. The molecule has 0 radical (unpaired) electrons. The molecule has 8 nitrogen and oxygen atoms in total. The van der Waals surface area contributed by atoms with Gasteiger partial charge >= 0.3 is 11.9 Å². The van der Waals surface area contributed by atoms with Crippen LogP contribution in [0, 0.1) is 0 Å². The average Bonchev–Trinajstić information content (AvgIpc) is 2.63. The first-order valence-corrected chi connectivity index (χ1v) is 8.70. The zero-order chi connectivity index (χ0) is 18.3. The number of rotatable bonds is 11. The van der Waals surface area contributed by atoms with Crippen LogP contribution >= 0.6 is 0 Å². The third-order valence-corrected chi connectivity index (χ3v) is 3.56. The minimum atomic E-state index is -0.644. The number of carbonyl (C=O) groups is 3. The Balaban J connectivity index is 1.99. The summed E-state index contributed by atoms with van der Waals surface area (Å²) >= 11 is 0. The van der Waals surface area contributed by atoms with Crippen molar-refractivity contribution in [1.82, 2.24) is 10.2 Å². The number of amides is 1. The average molecular weight is 356 g/mol. The van der Waals surface area contributed by atoms with Crippen LogP contribution in [0.25, 0.3) is 0 Å². The molecule has 0 aromatic rings. The first kappa shape index (κ1) is 21.1. The quantitative estimate of drug-likeness (QED) is 0.322. The van der Waals surface area contributed by atoms with Crippen LogP contribution in [0.2, 0.25) is 0 Å². The molecule has 0 aliphatic carbocycles. The fourth-order valence-electron chi connectivity index (χ4n) is 2.13. The number of hydrogen-bond acceptors (Lipinski definition) is 7. The molecule has 142 valence electrons. The number of morpholine rings is 1. The van der Waals surface area contributed by atoms with Crippen LogP contribution in [-0.2, 0) is 28.6 Å². The summed E-state index contributed by atoms with van der Waals surface area (Å²) in [6, 6.07) is 0. The first-order valence-electron chi connectivity index (χ1n) is 8.70. The van der Waals surface area contributed by atoms with E-state index in [2.05, 4.69) is 10.2 Å². The molecule has 1 saturated heterocycles. The number of nitrogens with one attached hydrogen (secondary N) is 1. The Hall–Kier alpha value is -1.93. The van der Waals surface area contributed by atoms with Crippen molar-refractivity contribution in [3.63, 3.8) is 0 Å². The Morgan fingerprint density at radius 2 is 1.68 bits per heavy atom. The molecule has 0 unspecified atom stereocenters. The highest BCUT2D eigenvalue weighted by Gasteiger charge is 2.09. The standard InChI is InChI=1S/C17H28N2O6/c1-2-15(20)18-7-12-25-17(22)6-5-16(21)24-11-4-3-8-19-9-13-23-14-10-19/h5-6H,2-4,7-14H2,1H3,(H,18,20)/b6-5+. The lowest BCUT2D eigenvalue weighted by Gasteiger charge is -2.26. The van der Waals surface area contributed by atoms with Crippen LogP contribution in [0.5, 0.6) is 0 Å². The summed E-state index contributed by atoms with van der Waals surface area (Å²) < 4.78 is 15.1. The number of nitrogens with zero attached hydrogens (tertiary/aromatic N) is 1.